The first-order chi connectivity index (χ1) is 9.84. The van der Waals surface area contributed by atoms with E-state index in [9.17, 15) is 17.6 Å². The Hall–Kier alpha value is -1.34. The van der Waals surface area contributed by atoms with E-state index in [1.54, 1.807) is 6.92 Å². The lowest BCUT2D eigenvalue weighted by Crippen LogP contribution is -2.41. The van der Waals surface area contributed by atoms with Gasteiger partial charge in [0.15, 0.2) is 9.84 Å². The van der Waals surface area contributed by atoms with E-state index in [0.29, 0.717) is 12.1 Å². The summed E-state index contributed by atoms with van der Waals surface area (Å²) in [7, 11) is -3.17. The predicted octanol–water partition coefficient (Wildman–Crippen LogP) is 2.63. The first kappa shape index (κ1) is 16.0. The Kier molecular flexibility index (Phi) is 4.73. The molecular formula is C13H15ClFNO4S. The minimum atomic E-state index is -3.17. The molecule has 1 saturated heterocycles. The highest BCUT2D eigenvalue weighted by Gasteiger charge is 2.36. The highest BCUT2D eigenvalue weighted by molar-refractivity contribution is 7.91. The van der Waals surface area contributed by atoms with Gasteiger partial charge in [-0.25, -0.2) is 17.6 Å². The van der Waals surface area contributed by atoms with E-state index in [1.165, 1.54) is 17.0 Å². The molecule has 0 radical (unpaired) electrons. The highest BCUT2D eigenvalue weighted by atomic mass is 35.5. The Bertz CT molecular complexity index is 650. The van der Waals surface area contributed by atoms with Crippen LogP contribution in [-0.4, -0.2) is 38.7 Å². The van der Waals surface area contributed by atoms with E-state index < -0.39 is 27.8 Å². The molecule has 2 rings (SSSR count). The molecule has 1 aliphatic heterocycles. The van der Waals surface area contributed by atoms with Gasteiger partial charge in [0, 0.05) is 5.69 Å². The predicted molar refractivity (Wildman–Crippen MR) is 78.0 cm³/mol. The fraction of sp³-hybridized carbons (Fsp3) is 0.462. The Balaban J connectivity index is 2.36. The number of halogens is 2. The quantitative estimate of drug-likeness (QED) is 0.851. The van der Waals surface area contributed by atoms with E-state index in [2.05, 4.69) is 0 Å². The summed E-state index contributed by atoms with van der Waals surface area (Å²) in [5, 5.41) is -0.136. The van der Waals surface area contributed by atoms with Gasteiger partial charge >= 0.3 is 6.09 Å². The summed E-state index contributed by atoms with van der Waals surface area (Å²) in [4.78, 5) is 13.3. The molecule has 0 saturated carbocycles. The molecule has 0 aliphatic carbocycles. The number of sulfone groups is 1. The number of rotatable bonds is 3. The fourth-order valence-corrected chi connectivity index (χ4v) is 4.15. The second kappa shape index (κ2) is 6.19. The summed E-state index contributed by atoms with van der Waals surface area (Å²) < 4.78 is 41.4. The Labute approximate surface area is 127 Å². The lowest BCUT2D eigenvalue weighted by molar-refractivity contribution is 0.157. The Morgan fingerprint density at radius 3 is 2.76 bits per heavy atom. The van der Waals surface area contributed by atoms with Crippen molar-refractivity contribution in [2.45, 2.75) is 19.4 Å². The number of ether oxygens (including phenoxy) is 1. The largest absolute Gasteiger partial charge is 0.449 e. The van der Waals surface area contributed by atoms with Crippen molar-refractivity contribution in [2.75, 3.05) is 23.0 Å². The number of anilines is 1. The number of benzene rings is 1. The molecule has 8 heteroatoms. The summed E-state index contributed by atoms with van der Waals surface area (Å²) in [5.74, 6) is -0.730. The zero-order chi connectivity index (χ0) is 15.6. The maximum Gasteiger partial charge on any atom is 0.414 e. The smallest absolute Gasteiger partial charge is 0.414 e. The topological polar surface area (TPSA) is 63.7 Å². The van der Waals surface area contributed by atoms with Gasteiger partial charge in [-0.2, -0.15) is 0 Å². The van der Waals surface area contributed by atoms with Crippen molar-refractivity contribution in [1.82, 2.24) is 0 Å². The summed E-state index contributed by atoms with van der Waals surface area (Å²) in [6.07, 6.45) is -0.349. The van der Waals surface area contributed by atoms with Gasteiger partial charge in [0.2, 0.25) is 0 Å². The van der Waals surface area contributed by atoms with Gasteiger partial charge in [0.05, 0.1) is 29.2 Å². The molecule has 1 unspecified atom stereocenters. The second-order valence-corrected chi connectivity index (χ2v) is 7.36. The van der Waals surface area contributed by atoms with Crippen LogP contribution in [-0.2, 0) is 14.6 Å². The summed E-state index contributed by atoms with van der Waals surface area (Å²) in [6.45, 7) is 1.81. The number of carbonyl (C=O) groups excluding carboxylic acids is 1. The molecule has 116 valence electrons. The third-order valence-electron chi connectivity index (χ3n) is 3.22. The molecular weight excluding hydrogens is 321 g/mol. The fourth-order valence-electron chi connectivity index (χ4n) is 2.27. The molecule has 0 bridgehead atoms. The first-order valence-corrected chi connectivity index (χ1v) is 8.65. The van der Waals surface area contributed by atoms with Crippen LogP contribution < -0.4 is 4.90 Å². The monoisotopic (exact) mass is 335 g/mol. The maximum atomic E-state index is 13.2. The van der Waals surface area contributed by atoms with Crippen LogP contribution in [0.4, 0.5) is 14.9 Å². The molecule has 1 aliphatic rings. The van der Waals surface area contributed by atoms with E-state index >= 15 is 0 Å². The van der Waals surface area contributed by atoms with E-state index in [4.69, 9.17) is 16.3 Å². The van der Waals surface area contributed by atoms with Crippen LogP contribution in [0.25, 0.3) is 0 Å². The average Bonchev–Trinajstić information content (AvgIpc) is 2.74. The standard InChI is InChI=1S/C13H15ClFNO4S/c1-2-20-13(17)16(10-5-6-21(18,19)8-10)9-3-4-12(15)11(14)7-9/h3-4,7,10H,2,5-6,8H2,1H3. The van der Waals surface area contributed by atoms with Crippen LogP contribution in [0, 0.1) is 5.82 Å². The van der Waals surface area contributed by atoms with Crippen molar-refractivity contribution >= 4 is 33.2 Å². The minimum Gasteiger partial charge on any atom is -0.449 e. The Morgan fingerprint density at radius 1 is 1.52 bits per heavy atom. The number of hydrogen-bond donors (Lipinski definition) is 0. The van der Waals surface area contributed by atoms with Gasteiger partial charge in [-0.05, 0) is 31.5 Å². The number of carbonyl (C=O) groups is 1. The van der Waals surface area contributed by atoms with Gasteiger partial charge in [-0.3, -0.25) is 4.90 Å². The molecule has 1 fully saturated rings. The maximum absolute atomic E-state index is 13.2. The molecule has 1 atom stereocenters. The summed E-state index contributed by atoms with van der Waals surface area (Å²) in [5.41, 5.74) is 0.321. The average molecular weight is 336 g/mol. The molecule has 1 amide bonds. The molecule has 1 aromatic rings. The lowest BCUT2D eigenvalue weighted by atomic mass is 10.2. The van der Waals surface area contributed by atoms with Crippen LogP contribution in [0.15, 0.2) is 18.2 Å². The van der Waals surface area contributed by atoms with Gasteiger partial charge in [0.25, 0.3) is 0 Å². The lowest BCUT2D eigenvalue weighted by Gasteiger charge is -2.27. The second-order valence-electron chi connectivity index (χ2n) is 4.72. The van der Waals surface area contributed by atoms with Crippen molar-refractivity contribution in [3.05, 3.63) is 29.0 Å². The zero-order valence-corrected chi connectivity index (χ0v) is 13.0. The van der Waals surface area contributed by atoms with Crippen molar-refractivity contribution < 1.29 is 22.3 Å². The van der Waals surface area contributed by atoms with Crippen LogP contribution in [0.5, 0.6) is 0 Å². The molecule has 1 aromatic carbocycles. The number of hydrogen-bond acceptors (Lipinski definition) is 4. The van der Waals surface area contributed by atoms with Crippen LogP contribution in [0.1, 0.15) is 13.3 Å². The first-order valence-electron chi connectivity index (χ1n) is 6.45. The van der Waals surface area contributed by atoms with E-state index in [1.807, 2.05) is 0 Å². The zero-order valence-electron chi connectivity index (χ0n) is 11.4. The minimum absolute atomic E-state index is 0.0164. The number of nitrogens with zero attached hydrogens (tertiary/aromatic N) is 1. The van der Waals surface area contributed by atoms with Crippen LogP contribution >= 0.6 is 11.6 Å². The van der Waals surface area contributed by atoms with Gasteiger partial charge in [-0.15, -0.1) is 0 Å². The molecule has 0 N–H and O–H groups in total. The van der Waals surface area contributed by atoms with Crippen molar-refractivity contribution in [2.24, 2.45) is 0 Å². The van der Waals surface area contributed by atoms with Gasteiger partial charge in [0.1, 0.15) is 5.82 Å². The molecule has 0 aromatic heterocycles. The van der Waals surface area contributed by atoms with Crippen LogP contribution in [0.2, 0.25) is 5.02 Å². The highest BCUT2D eigenvalue weighted by Crippen LogP contribution is 2.28. The molecule has 0 spiro atoms. The normalized spacial score (nSPS) is 20.2. The van der Waals surface area contributed by atoms with Gasteiger partial charge < -0.3 is 4.74 Å². The third-order valence-corrected chi connectivity index (χ3v) is 5.26. The summed E-state index contributed by atoms with van der Waals surface area (Å²) >= 11 is 5.73. The van der Waals surface area contributed by atoms with Crippen LogP contribution in [0.3, 0.4) is 0 Å². The van der Waals surface area contributed by atoms with Gasteiger partial charge in [-0.1, -0.05) is 11.6 Å². The number of amides is 1. The SMILES string of the molecule is CCOC(=O)N(c1ccc(F)c(Cl)c1)C1CCS(=O)(=O)C1. The van der Waals surface area contributed by atoms with E-state index in [-0.39, 0.29) is 23.1 Å². The van der Waals surface area contributed by atoms with E-state index in [0.717, 1.165) is 6.07 Å². The van der Waals surface area contributed by atoms with Crippen molar-refractivity contribution in [3.63, 3.8) is 0 Å². The Morgan fingerprint density at radius 2 is 2.24 bits per heavy atom. The van der Waals surface area contributed by atoms with Crippen molar-refractivity contribution in [1.29, 1.82) is 0 Å². The summed E-state index contributed by atoms with van der Waals surface area (Å²) in [6, 6.07) is 3.27. The molecule has 1 heterocycles. The van der Waals surface area contributed by atoms with Crippen molar-refractivity contribution in [3.8, 4) is 0 Å². The molecule has 21 heavy (non-hydrogen) atoms. The third kappa shape index (κ3) is 3.65. The molecule has 5 nitrogen and oxygen atoms in total.